The summed E-state index contributed by atoms with van der Waals surface area (Å²) in [5, 5.41) is 13.9. The van der Waals surface area contributed by atoms with Crippen LogP contribution in [0, 0.1) is 0 Å². The van der Waals surface area contributed by atoms with Crippen molar-refractivity contribution in [2.24, 2.45) is 0 Å². The first-order chi connectivity index (χ1) is 7.99. The van der Waals surface area contributed by atoms with Gasteiger partial charge in [0, 0.05) is 10.2 Å². The molecule has 1 aromatic rings. The standard InChI is InChI=1S/C11H13BrN2O3/c1-7(11(16)17)13-6-10(15)14-9-4-2-3-8(12)5-9/h2-5,7,13H,6H2,1H3,(H,14,15)(H,16,17). The molecule has 0 heterocycles. The van der Waals surface area contributed by atoms with Gasteiger partial charge in [-0.05, 0) is 25.1 Å². The van der Waals surface area contributed by atoms with Crippen LogP contribution in [0.4, 0.5) is 5.69 Å². The van der Waals surface area contributed by atoms with Gasteiger partial charge in [0.05, 0.1) is 6.54 Å². The van der Waals surface area contributed by atoms with Crippen LogP contribution in [0.3, 0.4) is 0 Å². The summed E-state index contributed by atoms with van der Waals surface area (Å²) in [6, 6.07) is 6.41. The predicted octanol–water partition coefficient (Wildman–Crippen LogP) is 1.45. The lowest BCUT2D eigenvalue weighted by molar-refractivity contribution is -0.139. The molecule has 0 spiro atoms. The van der Waals surface area contributed by atoms with Crippen molar-refractivity contribution in [3.8, 4) is 0 Å². The fraction of sp³-hybridized carbons (Fsp3) is 0.273. The van der Waals surface area contributed by atoms with Crippen LogP contribution in [0.15, 0.2) is 28.7 Å². The van der Waals surface area contributed by atoms with Gasteiger partial charge in [0.2, 0.25) is 5.91 Å². The maximum atomic E-state index is 11.5. The molecule has 0 aliphatic heterocycles. The lowest BCUT2D eigenvalue weighted by Crippen LogP contribution is -2.39. The normalized spacial score (nSPS) is 11.9. The summed E-state index contributed by atoms with van der Waals surface area (Å²) in [5.41, 5.74) is 0.661. The fourth-order valence-electron chi connectivity index (χ4n) is 1.10. The van der Waals surface area contributed by atoms with Gasteiger partial charge in [-0.3, -0.25) is 14.9 Å². The van der Waals surface area contributed by atoms with E-state index < -0.39 is 12.0 Å². The Bertz CT molecular complexity index is 423. The summed E-state index contributed by atoms with van der Waals surface area (Å²) >= 11 is 3.29. The quantitative estimate of drug-likeness (QED) is 0.769. The molecule has 1 amide bonds. The van der Waals surface area contributed by atoms with Gasteiger partial charge < -0.3 is 10.4 Å². The number of aliphatic carboxylic acids is 1. The lowest BCUT2D eigenvalue weighted by Gasteiger charge is -2.09. The highest BCUT2D eigenvalue weighted by Crippen LogP contribution is 2.15. The zero-order valence-corrected chi connectivity index (χ0v) is 10.8. The van der Waals surface area contributed by atoms with Gasteiger partial charge in [-0.2, -0.15) is 0 Å². The molecule has 92 valence electrons. The largest absolute Gasteiger partial charge is 0.480 e. The van der Waals surface area contributed by atoms with Gasteiger partial charge in [-0.15, -0.1) is 0 Å². The molecule has 0 saturated carbocycles. The molecule has 1 unspecified atom stereocenters. The Morgan fingerprint density at radius 2 is 2.18 bits per heavy atom. The Morgan fingerprint density at radius 3 is 2.76 bits per heavy atom. The molecule has 1 atom stereocenters. The van der Waals surface area contributed by atoms with E-state index in [-0.39, 0.29) is 12.5 Å². The van der Waals surface area contributed by atoms with Crippen LogP contribution < -0.4 is 10.6 Å². The Balaban J connectivity index is 2.42. The van der Waals surface area contributed by atoms with Crippen molar-refractivity contribution >= 4 is 33.5 Å². The van der Waals surface area contributed by atoms with Crippen LogP contribution in [0.25, 0.3) is 0 Å². The number of hydrogen-bond donors (Lipinski definition) is 3. The first-order valence-electron chi connectivity index (χ1n) is 5.00. The number of carbonyl (C=O) groups is 2. The molecule has 0 fully saturated rings. The van der Waals surface area contributed by atoms with Crippen molar-refractivity contribution < 1.29 is 14.7 Å². The molecule has 0 saturated heterocycles. The minimum atomic E-state index is -0.986. The first-order valence-corrected chi connectivity index (χ1v) is 5.80. The number of carbonyl (C=O) groups excluding carboxylic acids is 1. The predicted molar refractivity (Wildman–Crippen MR) is 67.9 cm³/mol. The van der Waals surface area contributed by atoms with E-state index in [1.54, 1.807) is 18.2 Å². The highest BCUT2D eigenvalue weighted by molar-refractivity contribution is 9.10. The topological polar surface area (TPSA) is 78.4 Å². The van der Waals surface area contributed by atoms with Crippen LogP contribution in [-0.4, -0.2) is 29.6 Å². The zero-order valence-electron chi connectivity index (χ0n) is 9.24. The second kappa shape index (κ2) is 6.36. The number of halogens is 1. The molecule has 6 heteroatoms. The summed E-state index contributed by atoms with van der Waals surface area (Å²) in [7, 11) is 0. The monoisotopic (exact) mass is 300 g/mol. The van der Waals surface area contributed by atoms with Gasteiger partial charge in [-0.1, -0.05) is 22.0 Å². The number of carboxylic acids is 1. The fourth-order valence-corrected chi connectivity index (χ4v) is 1.50. The Hall–Kier alpha value is -1.40. The van der Waals surface area contributed by atoms with Gasteiger partial charge in [0.15, 0.2) is 0 Å². The maximum Gasteiger partial charge on any atom is 0.320 e. The summed E-state index contributed by atoms with van der Waals surface area (Å²) in [6.45, 7) is 1.44. The molecule has 1 aromatic carbocycles. The maximum absolute atomic E-state index is 11.5. The van der Waals surface area contributed by atoms with E-state index >= 15 is 0 Å². The van der Waals surface area contributed by atoms with Crippen molar-refractivity contribution in [1.82, 2.24) is 5.32 Å². The Kier molecular flexibility index (Phi) is 5.11. The molecule has 3 N–H and O–H groups in total. The Morgan fingerprint density at radius 1 is 1.47 bits per heavy atom. The Labute approximate surface area is 107 Å². The third-order valence-corrected chi connectivity index (χ3v) is 2.54. The zero-order chi connectivity index (χ0) is 12.8. The molecule has 0 aromatic heterocycles. The van der Waals surface area contributed by atoms with E-state index in [1.807, 2.05) is 6.07 Å². The lowest BCUT2D eigenvalue weighted by atomic mass is 10.3. The molecule has 0 aliphatic carbocycles. The SMILES string of the molecule is CC(NCC(=O)Nc1cccc(Br)c1)C(=O)O. The van der Waals surface area contributed by atoms with Crippen LogP contribution in [0.1, 0.15) is 6.92 Å². The number of nitrogens with one attached hydrogen (secondary N) is 2. The molecule has 1 rings (SSSR count). The third-order valence-electron chi connectivity index (χ3n) is 2.05. The number of hydrogen-bond acceptors (Lipinski definition) is 3. The second-order valence-corrected chi connectivity index (χ2v) is 4.42. The van der Waals surface area contributed by atoms with Crippen molar-refractivity contribution in [2.75, 3.05) is 11.9 Å². The highest BCUT2D eigenvalue weighted by Gasteiger charge is 2.11. The van der Waals surface area contributed by atoms with Crippen molar-refractivity contribution in [2.45, 2.75) is 13.0 Å². The number of amides is 1. The molecule has 17 heavy (non-hydrogen) atoms. The van der Waals surface area contributed by atoms with Crippen molar-refractivity contribution in [3.05, 3.63) is 28.7 Å². The molecular weight excluding hydrogens is 288 g/mol. The average Bonchev–Trinajstić information content (AvgIpc) is 2.25. The number of benzene rings is 1. The summed E-state index contributed by atoms with van der Waals surface area (Å²) in [5.74, 6) is -1.27. The van der Waals surface area contributed by atoms with Crippen LogP contribution in [0.2, 0.25) is 0 Å². The minimum Gasteiger partial charge on any atom is -0.480 e. The third kappa shape index (κ3) is 4.97. The molecule has 0 aliphatic rings. The van der Waals surface area contributed by atoms with Gasteiger partial charge in [-0.25, -0.2) is 0 Å². The molecule has 0 radical (unpaired) electrons. The minimum absolute atomic E-state index is 0.0417. The van der Waals surface area contributed by atoms with E-state index in [4.69, 9.17) is 5.11 Å². The van der Waals surface area contributed by atoms with Crippen LogP contribution in [0.5, 0.6) is 0 Å². The van der Waals surface area contributed by atoms with Crippen LogP contribution in [-0.2, 0) is 9.59 Å². The molecule has 0 bridgehead atoms. The van der Waals surface area contributed by atoms with E-state index in [2.05, 4.69) is 26.6 Å². The molecular formula is C11H13BrN2O3. The number of rotatable bonds is 5. The van der Waals surface area contributed by atoms with E-state index in [1.165, 1.54) is 6.92 Å². The molecule has 5 nitrogen and oxygen atoms in total. The van der Waals surface area contributed by atoms with Crippen LogP contribution >= 0.6 is 15.9 Å². The second-order valence-electron chi connectivity index (χ2n) is 3.50. The van der Waals surface area contributed by atoms with Gasteiger partial charge in [0.1, 0.15) is 6.04 Å². The smallest absolute Gasteiger partial charge is 0.320 e. The first kappa shape index (κ1) is 13.7. The number of anilines is 1. The van der Waals surface area contributed by atoms with E-state index in [0.29, 0.717) is 5.69 Å². The number of carboxylic acid groups (broad SMARTS) is 1. The van der Waals surface area contributed by atoms with E-state index in [0.717, 1.165) is 4.47 Å². The highest BCUT2D eigenvalue weighted by atomic mass is 79.9. The van der Waals surface area contributed by atoms with Crippen molar-refractivity contribution in [3.63, 3.8) is 0 Å². The van der Waals surface area contributed by atoms with Gasteiger partial charge in [0.25, 0.3) is 0 Å². The summed E-state index contributed by atoms with van der Waals surface area (Å²) in [6.07, 6.45) is 0. The summed E-state index contributed by atoms with van der Waals surface area (Å²) in [4.78, 5) is 22.0. The average molecular weight is 301 g/mol. The van der Waals surface area contributed by atoms with Crippen molar-refractivity contribution in [1.29, 1.82) is 0 Å². The van der Waals surface area contributed by atoms with Gasteiger partial charge >= 0.3 is 5.97 Å². The van der Waals surface area contributed by atoms with E-state index in [9.17, 15) is 9.59 Å². The summed E-state index contributed by atoms with van der Waals surface area (Å²) < 4.78 is 0.863.